The highest BCUT2D eigenvalue weighted by molar-refractivity contribution is 7.80. The van der Waals surface area contributed by atoms with Gasteiger partial charge in [-0.05, 0) is 23.8 Å². The van der Waals surface area contributed by atoms with E-state index in [0.29, 0.717) is 10.0 Å². The topological polar surface area (TPSA) is 0 Å². The SMILES string of the molecule is Sc1ccccc1-c1c(Cl)cccc1Cl. The number of hydrogen-bond donors (Lipinski definition) is 1. The maximum absolute atomic E-state index is 6.12. The minimum absolute atomic E-state index is 0.643. The summed E-state index contributed by atoms with van der Waals surface area (Å²) >= 11 is 16.6. The Kier molecular flexibility index (Phi) is 3.25. The fourth-order valence-electron chi connectivity index (χ4n) is 1.44. The first-order valence-electron chi connectivity index (χ1n) is 4.42. The largest absolute Gasteiger partial charge is 0.143 e. The fourth-order valence-corrected chi connectivity index (χ4v) is 2.31. The van der Waals surface area contributed by atoms with Gasteiger partial charge in [-0.3, -0.25) is 0 Å². The van der Waals surface area contributed by atoms with Crippen molar-refractivity contribution in [1.82, 2.24) is 0 Å². The Hall–Kier alpha value is -0.630. The van der Waals surface area contributed by atoms with Crippen LogP contribution in [0.5, 0.6) is 0 Å². The van der Waals surface area contributed by atoms with Gasteiger partial charge in [0, 0.05) is 20.5 Å². The number of halogens is 2. The molecule has 0 fully saturated rings. The molecule has 2 rings (SSSR count). The molecule has 0 nitrogen and oxygen atoms in total. The monoisotopic (exact) mass is 254 g/mol. The Labute approximate surface area is 104 Å². The molecule has 0 aliphatic rings. The molecule has 0 unspecified atom stereocenters. The highest BCUT2D eigenvalue weighted by Crippen LogP contribution is 2.37. The van der Waals surface area contributed by atoms with E-state index in [4.69, 9.17) is 23.2 Å². The first-order valence-corrected chi connectivity index (χ1v) is 5.63. The van der Waals surface area contributed by atoms with Gasteiger partial charge in [0.1, 0.15) is 0 Å². The van der Waals surface area contributed by atoms with Crippen molar-refractivity contribution in [3.63, 3.8) is 0 Å². The lowest BCUT2D eigenvalue weighted by molar-refractivity contribution is 1.46. The molecule has 2 aromatic carbocycles. The third-order valence-corrected chi connectivity index (χ3v) is 3.16. The molecule has 0 N–H and O–H groups in total. The molecule has 0 radical (unpaired) electrons. The molecular formula is C12H8Cl2S. The second kappa shape index (κ2) is 4.48. The predicted molar refractivity (Wildman–Crippen MR) is 69.2 cm³/mol. The van der Waals surface area contributed by atoms with Gasteiger partial charge in [0.15, 0.2) is 0 Å². The van der Waals surface area contributed by atoms with Crippen LogP contribution in [0.1, 0.15) is 0 Å². The van der Waals surface area contributed by atoms with Crippen molar-refractivity contribution in [3.05, 3.63) is 52.5 Å². The van der Waals surface area contributed by atoms with E-state index in [1.54, 1.807) is 0 Å². The van der Waals surface area contributed by atoms with Crippen LogP contribution in [0.2, 0.25) is 10.0 Å². The van der Waals surface area contributed by atoms with Gasteiger partial charge in [-0.15, -0.1) is 12.6 Å². The van der Waals surface area contributed by atoms with Crippen molar-refractivity contribution in [2.45, 2.75) is 4.90 Å². The zero-order chi connectivity index (χ0) is 10.8. The van der Waals surface area contributed by atoms with E-state index in [1.165, 1.54) is 0 Å². The van der Waals surface area contributed by atoms with E-state index in [9.17, 15) is 0 Å². The Balaban J connectivity index is 2.69. The molecule has 3 heteroatoms. The minimum Gasteiger partial charge on any atom is -0.143 e. The molecule has 0 aromatic heterocycles. The van der Waals surface area contributed by atoms with Gasteiger partial charge in [-0.2, -0.15) is 0 Å². The van der Waals surface area contributed by atoms with Crippen molar-refractivity contribution in [2.24, 2.45) is 0 Å². The van der Waals surface area contributed by atoms with Gasteiger partial charge < -0.3 is 0 Å². The molecule has 15 heavy (non-hydrogen) atoms. The van der Waals surface area contributed by atoms with Gasteiger partial charge >= 0.3 is 0 Å². The van der Waals surface area contributed by atoms with E-state index in [2.05, 4.69) is 12.6 Å². The van der Waals surface area contributed by atoms with Crippen LogP contribution in [-0.2, 0) is 0 Å². The van der Waals surface area contributed by atoms with Crippen molar-refractivity contribution in [3.8, 4) is 11.1 Å². The van der Waals surface area contributed by atoms with Gasteiger partial charge in [0.2, 0.25) is 0 Å². The van der Waals surface area contributed by atoms with Gasteiger partial charge in [-0.25, -0.2) is 0 Å². The Morgan fingerprint density at radius 2 is 1.40 bits per heavy atom. The zero-order valence-electron chi connectivity index (χ0n) is 7.74. The zero-order valence-corrected chi connectivity index (χ0v) is 10.2. The second-order valence-corrected chi connectivity index (χ2v) is 4.41. The van der Waals surface area contributed by atoms with Crippen LogP contribution < -0.4 is 0 Å². The molecule has 0 amide bonds. The van der Waals surface area contributed by atoms with Crippen LogP contribution in [0.25, 0.3) is 11.1 Å². The number of benzene rings is 2. The third kappa shape index (κ3) is 2.15. The summed E-state index contributed by atoms with van der Waals surface area (Å²) in [5, 5.41) is 1.29. The fraction of sp³-hybridized carbons (Fsp3) is 0. The number of rotatable bonds is 1. The Bertz CT molecular complexity index is 474. The summed E-state index contributed by atoms with van der Waals surface area (Å²) in [7, 11) is 0. The van der Waals surface area contributed by atoms with Crippen molar-refractivity contribution in [2.75, 3.05) is 0 Å². The van der Waals surface area contributed by atoms with Crippen molar-refractivity contribution >= 4 is 35.8 Å². The summed E-state index contributed by atoms with van der Waals surface area (Å²) in [4.78, 5) is 0.868. The molecule has 0 atom stereocenters. The van der Waals surface area contributed by atoms with Gasteiger partial charge in [-0.1, -0.05) is 47.5 Å². The molecular weight excluding hydrogens is 247 g/mol. The lowest BCUT2D eigenvalue weighted by atomic mass is 10.1. The molecule has 0 aliphatic heterocycles. The minimum atomic E-state index is 0.643. The molecule has 0 saturated carbocycles. The summed E-state index contributed by atoms with van der Waals surface area (Å²) in [6.45, 7) is 0. The summed E-state index contributed by atoms with van der Waals surface area (Å²) in [6, 6.07) is 13.2. The quantitative estimate of drug-likeness (QED) is 0.685. The molecule has 0 bridgehead atoms. The summed E-state index contributed by atoms with van der Waals surface area (Å²) in [6.07, 6.45) is 0. The Morgan fingerprint density at radius 1 is 0.800 bits per heavy atom. The molecule has 76 valence electrons. The van der Waals surface area contributed by atoms with E-state index < -0.39 is 0 Å². The van der Waals surface area contributed by atoms with Crippen molar-refractivity contribution < 1.29 is 0 Å². The number of hydrogen-bond acceptors (Lipinski definition) is 1. The van der Waals surface area contributed by atoms with Gasteiger partial charge in [0.25, 0.3) is 0 Å². The summed E-state index contributed by atoms with van der Waals surface area (Å²) in [5.74, 6) is 0. The molecule has 2 aromatic rings. The van der Waals surface area contributed by atoms with Crippen LogP contribution >= 0.6 is 35.8 Å². The number of thiol groups is 1. The van der Waals surface area contributed by atoms with E-state index in [-0.39, 0.29) is 0 Å². The third-order valence-electron chi connectivity index (χ3n) is 2.14. The van der Waals surface area contributed by atoms with Crippen molar-refractivity contribution in [1.29, 1.82) is 0 Å². The summed E-state index contributed by atoms with van der Waals surface area (Å²) < 4.78 is 0. The van der Waals surface area contributed by atoms with E-state index in [1.807, 2.05) is 42.5 Å². The first-order chi connectivity index (χ1) is 7.20. The second-order valence-electron chi connectivity index (χ2n) is 3.11. The normalized spacial score (nSPS) is 10.3. The van der Waals surface area contributed by atoms with E-state index >= 15 is 0 Å². The molecule has 0 heterocycles. The van der Waals surface area contributed by atoms with Crippen LogP contribution in [0.3, 0.4) is 0 Å². The molecule has 0 aliphatic carbocycles. The maximum atomic E-state index is 6.12. The first kappa shape index (κ1) is 10.9. The molecule has 0 saturated heterocycles. The van der Waals surface area contributed by atoms with Crippen LogP contribution in [0.4, 0.5) is 0 Å². The smallest absolute Gasteiger partial charge is 0.0499 e. The predicted octanol–water partition coefficient (Wildman–Crippen LogP) is 4.95. The molecule has 0 spiro atoms. The van der Waals surface area contributed by atoms with Crippen LogP contribution in [-0.4, -0.2) is 0 Å². The van der Waals surface area contributed by atoms with Gasteiger partial charge in [0.05, 0.1) is 0 Å². The standard InChI is InChI=1S/C12H8Cl2S/c13-9-5-3-6-10(14)12(9)8-4-1-2-7-11(8)15/h1-7,15H. The highest BCUT2D eigenvalue weighted by Gasteiger charge is 2.09. The Morgan fingerprint density at radius 3 is 2.00 bits per heavy atom. The lowest BCUT2D eigenvalue weighted by Crippen LogP contribution is -1.83. The average molecular weight is 255 g/mol. The van der Waals surface area contributed by atoms with Crippen LogP contribution in [0.15, 0.2) is 47.4 Å². The highest BCUT2D eigenvalue weighted by atomic mass is 35.5. The maximum Gasteiger partial charge on any atom is 0.0499 e. The summed E-state index contributed by atoms with van der Waals surface area (Å²) in [5.41, 5.74) is 1.79. The van der Waals surface area contributed by atoms with E-state index in [0.717, 1.165) is 16.0 Å². The lowest BCUT2D eigenvalue weighted by Gasteiger charge is -2.08. The average Bonchev–Trinajstić information content (AvgIpc) is 2.20. The van der Waals surface area contributed by atoms with Crippen LogP contribution in [0, 0.1) is 0 Å².